The number of benzene rings is 1. The lowest BCUT2D eigenvalue weighted by molar-refractivity contribution is -0.114. The highest BCUT2D eigenvalue weighted by atomic mass is 16.5. The van der Waals surface area contributed by atoms with E-state index in [1.54, 1.807) is 24.3 Å². The number of Topliss-reactive ketones (excluding diaryl/α,β-unsaturated/α-hetero) is 1. The van der Waals surface area contributed by atoms with Gasteiger partial charge in [-0.15, -0.1) is 0 Å². The van der Waals surface area contributed by atoms with Gasteiger partial charge in [0, 0.05) is 11.1 Å². The second kappa shape index (κ2) is 7.02. The second-order valence-electron chi connectivity index (χ2n) is 8.52. The molecule has 0 radical (unpaired) electrons. The molecule has 0 heterocycles. The molecular weight excluding hydrogens is 326 g/mol. The summed E-state index contributed by atoms with van der Waals surface area (Å²) < 4.78 is 4.71. The summed E-state index contributed by atoms with van der Waals surface area (Å²) in [6, 6.07) is 6.90. The van der Waals surface area contributed by atoms with Gasteiger partial charge in [-0.1, -0.05) is 41.5 Å². The first kappa shape index (κ1) is 19.8. The molecule has 4 heteroatoms. The van der Waals surface area contributed by atoms with Crippen LogP contribution in [0.2, 0.25) is 0 Å². The molecule has 1 aromatic rings. The fourth-order valence-corrected chi connectivity index (χ4v) is 2.73. The third kappa shape index (κ3) is 4.37. The molecule has 0 bridgehead atoms. The third-order valence-electron chi connectivity index (χ3n) is 4.24. The minimum atomic E-state index is -0.378. The van der Waals surface area contributed by atoms with Crippen LogP contribution in [0, 0.1) is 10.8 Å². The minimum Gasteiger partial charge on any atom is -0.465 e. The van der Waals surface area contributed by atoms with Gasteiger partial charge in [0.25, 0.3) is 0 Å². The Kier molecular flexibility index (Phi) is 5.36. The Morgan fingerprint density at radius 2 is 1.35 bits per heavy atom. The molecule has 2 rings (SSSR count). The summed E-state index contributed by atoms with van der Waals surface area (Å²) in [6.45, 7) is 12.2. The maximum absolute atomic E-state index is 12.9. The molecule has 4 nitrogen and oxygen atoms in total. The van der Waals surface area contributed by atoms with Crippen molar-refractivity contribution in [1.29, 1.82) is 0 Å². The van der Waals surface area contributed by atoms with Crippen LogP contribution in [0.15, 0.2) is 52.6 Å². The van der Waals surface area contributed by atoms with E-state index in [1.165, 1.54) is 7.11 Å². The van der Waals surface area contributed by atoms with Crippen molar-refractivity contribution in [3.05, 3.63) is 53.1 Å². The summed E-state index contributed by atoms with van der Waals surface area (Å²) in [5.41, 5.74) is 2.92. The number of rotatable bonds is 2. The average Bonchev–Trinajstić information content (AvgIpc) is 2.54. The summed E-state index contributed by atoms with van der Waals surface area (Å²) >= 11 is 0. The van der Waals surface area contributed by atoms with Gasteiger partial charge in [-0.05, 0) is 47.2 Å². The van der Waals surface area contributed by atoms with E-state index in [0.717, 1.165) is 22.5 Å². The molecule has 0 spiro atoms. The molecule has 0 aliphatic heterocycles. The molecule has 26 heavy (non-hydrogen) atoms. The number of ether oxygens (including phenoxy) is 1. The van der Waals surface area contributed by atoms with Crippen LogP contribution < -0.4 is 0 Å². The molecule has 0 saturated heterocycles. The van der Waals surface area contributed by atoms with E-state index in [0.29, 0.717) is 5.56 Å². The van der Waals surface area contributed by atoms with Gasteiger partial charge in [0.05, 0.1) is 24.1 Å². The van der Waals surface area contributed by atoms with Gasteiger partial charge in [-0.3, -0.25) is 4.79 Å². The maximum atomic E-state index is 12.9. The largest absolute Gasteiger partial charge is 0.465 e. The smallest absolute Gasteiger partial charge is 0.337 e. The predicted molar refractivity (Wildman–Crippen MR) is 105 cm³/mol. The number of hydrogen-bond donors (Lipinski definition) is 0. The lowest BCUT2D eigenvalue weighted by atomic mass is 9.72. The quantitative estimate of drug-likeness (QED) is 0.551. The van der Waals surface area contributed by atoms with Crippen molar-refractivity contribution in [3.63, 3.8) is 0 Å². The minimum absolute atomic E-state index is 0.0880. The first-order valence-electron chi connectivity index (χ1n) is 8.69. The monoisotopic (exact) mass is 353 g/mol. The summed E-state index contributed by atoms with van der Waals surface area (Å²) in [7, 11) is 1.35. The van der Waals surface area contributed by atoms with E-state index in [-0.39, 0.29) is 22.6 Å². The van der Waals surface area contributed by atoms with Crippen LogP contribution in [-0.2, 0) is 9.53 Å². The zero-order valence-electron chi connectivity index (χ0n) is 16.6. The molecular formula is C22H27NO3. The predicted octanol–water partition coefficient (Wildman–Crippen LogP) is 5.07. The van der Waals surface area contributed by atoms with E-state index >= 15 is 0 Å². The fraction of sp³-hybridized carbons (Fsp3) is 0.409. The fourth-order valence-electron chi connectivity index (χ4n) is 2.73. The molecule has 0 atom stereocenters. The van der Waals surface area contributed by atoms with Crippen molar-refractivity contribution in [2.75, 3.05) is 7.11 Å². The summed E-state index contributed by atoms with van der Waals surface area (Å²) in [4.78, 5) is 29.1. The lowest BCUT2D eigenvalue weighted by Gasteiger charge is -2.31. The van der Waals surface area contributed by atoms with E-state index in [1.807, 2.05) is 53.7 Å². The number of ketones is 1. The number of hydrogen-bond acceptors (Lipinski definition) is 4. The molecule has 0 amide bonds. The number of esters is 1. The Morgan fingerprint density at radius 1 is 0.885 bits per heavy atom. The highest BCUT2D eigenvalue weighted by Gasteiger charge is 2.34. The van der Waals surface area contributed by atoms with Crippen LogP contribution in [0.25, 0.3) is 0 Å². The zero-order valence-corrected chi connectivity index (χ0v) is 16.6. The Balaban J connectivity index is 2.49. The Hall–Kier alpha value is -2.49. The molecule has 0 N–H and O–H groups in total. The van der Waals surface area contributed by atoms with Crippen molar-refractivity contribution >= 4 is 23.2 Å². The van der Waals surface area contributed by atoms with E-state index in [9.17, 15) is 9.59 Å². The van der Waals surface area contributed by atoms with Crippen LogP contribution in [0.1, 0.15) is 51.9 Å². The van der Waals surface area contributed by atoms with E-state index < -0.39 is 0 Å². The van der Waals surface area contributed by atoms with Crippen LogP contribution in [0.3, 0.4) is 0 Å². The van der Waals surface area contributed by atoms with Crippen LogP contribution >= 0.6 is 0 Å². The molecule has 1 aliphatic carbocycles. The average molecular weight is 353 g/mol. The van der Waals surface area contributed by atoms with Crippen molar-refractivity contribution in [2.45, 2.75) is 41.5 Å². The number of carbonyl (C=O) groups is 2. The number of nitrogens with zero attached hydrogens (tertiary/aromatic N) is 1. The highest BCUT2D eigenvalue weighted by molar-refractivity contribution is 6.23. The Bertz CT molecular complexity index is 774. The Labute approximate surface area is 155 Å². The molecule has 0 aromatic heterocycles. The lowest BCUT2D eigenvalue weighted by Crippen LogP contribution is -2.29. The van der Waals surface area contributed by atoms with Crippen molar-refractivity contribution < 1.29 is 14.3 Å². The van der Waals surface area contributed by atoms with Crippen molar-refractivity contribution in [2.24, 2.45) is 15.8 Å². The maximum Gasteiger partial charge on any atom is 0.337 e. The molecule has 0 fully saturated rings. The number of carbonyl (C=O) groups excluding carboxylic acids is 2. The van der Waals surface area contributed by atoms with Gasteiger partial charge in [-0.25, -0.2) is 9.79 Å². The number of aliphatic imine (C=N–C) groups is 1. The first-order valence-corrected chi connectivity index (χ1v) is 8.69. The normalized spacial score (nSPS) is 15.3. The van der Waals surface area contributed by atoms with Crippen LogP contribution in [0.5, 0.6) is 0 Å². The summed E-state index contributed by atoms with van der Waals surface area (Å²) in [5.74, 6) is -0.290. The van der Waals surface area contributed by atoms with Crippen molar-refractivity contribution in [3.8, 4) is 0 Å². The molecule has 1 aliphatic rings. The first-order chi connectivity index (χ1) is 11.9. The topological polar surface area (TPSA) is 55.7 Å². The molecule has 0 saturated carbocycles. The van der Waals surface area contributed by atoms with Gasteiger partial charge in [0.1, 0.15) is 0 Å². The molecule has 138 valence electrons. The highest BCUT2D eigenvalue weighted by Crippen LogP contribution is 2.37. The standard InChI is InChI=1S/C22H27NO3/c1-21(2,3)17-12-16(13-18(19(17)24)22(4,5)6)23-15-10-8-14(9-11-15)20(25)26-7/h8-13H,1-7H3. The number of methoxy groups -OCH3 is 1. The van der Waals surface area contributed by atoms with Gasteiger partial charge >= 0.3 is 5.97 Å². The van der Waals surface area contributed by atoms with Crippen LogP contribution in [-0.4, -0.2) is 24.6 Å². The van der Waals surface area contributed by atoms with E-state index in [4.69, 9.17) is 4.74 Å². The Morgan fingerprint density at radius 3 is 1.73 bits per heavy atom. The van der Waals surface area contributed by atoms with Crippen molar-refractivity contribution in [1.82, 2.24) is 0 Å². The second-order valence-corrected chi connectivity index (χ2v) is 8.52. The summed E-state index contributed by atoms with van der Waals surface area (Å²) in [6.07, 6.45) is 3.73. The molecule has 0 unspecified atom stereocenters. The van der Waals surface area contributed by atoms with Gasteiger partial charge < -0.3 is 4.74 Å². The van der Waals surface area contributed by atoms with Crippen LogP contribution in [0.4, 0.5) is 5.69 Å². The zero-order chi connectivity index (χ0) is 19.7. The summed E-state index contributed by atoms with van der Waals surface area (Å²) in [5, 5.41) is 0. The molecule has 1 aromatic carbocycles. The third-order valence-corrected chi connectivity index (χ3v) is 4.24. The number of allylic oxidation sites excluding steroid dienone is 4. The van der Waals surface area contributed by atoms with E-state index in [2.05, 4.69) is 4.99 Å². The van der Waals surface area contributed by atoms with Gasteiger partial charge in [0.2, 0.25) is 0 Å². The van der Waals surface area contributed by atoms with Gasteiger partial charge in [0.15, 0.2) is 5.78 Å². The van der Waals surface area contributed by atoms with Gasteiger partial charge in [-0.2, -0.15) is 0 Å². The SMILES string of the molecule is COC(=O)c1ccc(N=C2C=C(C(C)(C)C)C(=O)C(C(C)(C)C)=C2)cc1.